The molecule has 0 radical (unpaired) electrons. The number of aromatic nitrogens is 5. The summed E-state index contributed by atoms with van der Waals surface area (Å²) < 4.78 is 0. The highest BCUT2D eigenvalue weighted by Gasteiger charge is 2.27. The van der Waals surface area contributed by atoms with Gasteiger partial charge in [-0.15, -0.1) is 0 Å². The number of aryl methyl sites for hydroxylation is 2. The van der Waals surface area contributed by atoms with Gasteiger partial charge in [-0.3, -0.25) is 0 Å². The first kappa shape index (κ1) is 29.8. The number of hydrogen-bond donors (Lipinski definition) is 0. The van der Waals surface area contributed by atoms with Gasteiger partial charge in [0.05, 0.1) is 22.4 Å². The lowest BCUT2D eigenvalue weighted by Crippen LogP contribution is -2.13. The molecule has 0 N–H and O–H groups in total. The molecule has 0 bridgehead atoms. The Hall–Kier alpha value is -6.33. The third-order valence-corrected chi connectivity index (χ3v) is 9.79. The van der Waals surface area contributed by atoms with Crippen molar-refractivity contribution < 1.29 is 0 Å². The number of benzene rings is 6. The molecule has 50 heavy (non-hydrogen) atoms. The van der Waals surface area contributed by atoms with E-state index in [4.69, 9.17) is 24.9 Å². The molecule has 8 aromatic rings. The van der Waals surface area contributed by atoms with Gasteiger partial charge in [-0.1, -0.05) is 121 Å². The Bertz CT molecular complexity index is 2490. The van der Waals surface area contributed by atoms with Gasteiger partial charge in [-0.05, 0) is 83.5 Å². The summed E-state index contributed by atoms with van der Waals surface area (Å²) >= 11 is 0. The van der Waals surface area contributed by atoms with Crippen molar-refractivity contribution in [3.63, 3.8) is 0 Å². The molecular weight excluding hydrogens is 611 g/mol. The van der Waals surface area contributed by atoms with Crippen LogP contribution in [0.2, 0.25) is 0 Å². The summed E-state index contributed by atoms with van der Waals surface area (Å²) in [4.78, 5) is 24.9. The van der Waals surface area contributed by atoms with Crippen LogP contribution in [0, 0.1) is 13.8 Å². The number of nitrogens with zero attached hydrogens (tertiary/aromatic N) is 5. The van der Waals surface area contributed by atoms with Gasteiger partial charge in [-0.2, -0.15) is 0 Å². The fourth-order valence-corrected chi connectivity index (χ4v) is 7.13. The molecule has 1 aliphatic carbocycles. The summed E-state index contributed by atoms with van der Waals surface area (Å²) in [5.74, 6) is 2.07. The molecule has 1 atom stereocenters. The molecule has 9 rings (SSSR count). The maximum absolute atomic E-state index is 5.13. The maximum atomic E-state index is 5.13. The van der Waals surface area contributed by atoms with Gasteiger partial charge in [-0.25, -0.2) is 24.9 Å². The molecule has 0 saturated heterocycles. The minimum atomic E-state index is 0.147. The van der Waals surface area contributed by atoms with Crippen LogP contribution in [0.3, 0.4) is 0 Å². The van der Waals surface area contributed by atoms with Crippen LogP contribution in [0.15, 0.2) is 146 Å². The molecule has 0 fully saturated rings. The molecule has 0 amide bonds. The summed E-state index contributed by atoms with van der Waals surface area (Å²) in [6.45, 7) is 4.02. The lowest BCUT2D eigenvalue weighted by molar-refractivity contribution is 0.794. The second kappa shape index (κ2) is 12.3. The second-order valence-electron chi connectivity index (χ2n) is 13.0. The van der Waals surface area contributed by atoms with Crippen LogP contribution in [0.5, 0.6) is 0 Å². The van der Waals surface area contributed by atoms with Crippen LogP contribution < -0.4 is 0 Å². The van der Waals surface area contributed by atoms with Gasteiger partial charge in [0.1, 0.15) is 0 Å². The highest BCUT2D eigenvalue weighted by atomic mass is 15.0. The van der Waals surface area contributed by atoms with Crippen molar-refractivity contribution in [3.05, 3.63) is 174 Å². The van der Waals surface area contributed by atoms with E-state index in [2.05, 4.69) is 84.9 Å². The Morgan fingerprint density at radius 2 is 0.980 bits per heavy atom. The monoisotopic (exact) mass is 643 g/mol. The Morgan fingerprint density at radius 1 is 0.420 bits per heavy atom. The molecule has 1 aliphatic rings. The van der Waals surface area contributed by atoms with Gasteiger partial charge >= 0.3 is 0 Å². The van der Waals surface area contributed by atoms with Crippen LogP contribution in [0.25, 0.3) is 67.5 Å². The number of hydrogen-bond acceptors (Lipinski definition) is 5. The van der Waals surface area contributed by atoms with E-state index in [1.54, 1.807) is 0 Å². The normalized spacial score (nSPS) is 13.5. The average Bonchev–Trinajstić information content (AvgIpc) is 3.18. The van der Waals surface area contributed by atoms with E-state index in [1.807, 2.05) is 74.5 Å². The first-order chi connectivity index (χ1) is 24.6. The molecule has 0 saturated carbocycles. The Labute approximate surface area is 291 Å². The predicted molar refractivity (Wildman–Crippen MR) is 202 cm³/mol. The molecule has 2 aromatic heterocycles. The number of fused-ring (bicyclic) bond motifs is 4. The largest absolute Gasteiger partial charge is 0.250 e. The van der Waals surface area contributed by atoms with Crippen molar-refractivity contribution in [1.29, 1.82) is 0 Å². The van der Waals surface area contributed by atoms with Crippen molar-refractivity contribution in [2.45, 2.75) is 26.2 Å². The molecule has 0 aliphatic heterocycles. The van der Waals surface area contributed by atoms with Gasteiger partial charge in [0.2, 0.25) is 0 Å². The fourth-order valence-electron chi connectivity index (χ4n) is 7.13. The molecule has 238 valence electrons. The molecule has 5 heteroatoms. The zero-order chi connectivity index (χ0) is 33.6. The van der Waals surface area contributed by atoms with Crippen molar-refractivity contribution in [2.75, 3.05) is 0 Å². The fraction of sp³-hybridized carbons (Fsp3) is 0.0889. The summed E-state index contributed by atoms with van der Waals surface area (Å²) in [6, 6.07) is 51.1. The smallest absolute Gasteiger partial charge is 0.164 e. The second-order valence-corrected chi connectivity index (χ2v) is 13.0. The van der Waals surface area contributed by atoms with E-state index in [-0.39, 0.29) is 5.92 Å². The van der Waals surface area contributed by atoms with E-state index >= 15 is 0 Å². The minimum absolute atomic E-state index is 0.147. The van der Waals surface area contributed by atoms with E-state index < -0.39 is 0 Å². The van der Waals surface area contributed by atoms with Crippen molar-refractivity contribution >= 4 is 11.0 Å². The summed E-state index contributed by atoms with van der Waals surface area (Å²) in [6.07, 6.45) is 0.902. The highest BCUT2D eigenvalue weighted by molar-refractivity contribution is 5.84. The maximum Gasteiger partial charge on any atom is 0.164 e. The Kier molecular flexibility index (Phi) is 7.32. The molecule has 0 spiro atoms. The van der Waals surface area contributed by atoms with E-state index in [9.17, 15) is 0 Å². The zero-order valence-corrected chi connectivity index (χ0v) is 27.9. The third-order valence-electron chi connectivity index (χ3n) is 9.79. The Balaban J connectivity index is 1.28. The first-order valence-electron chi connectivity index (χ1n) is 17.0. The minimum Gasteiger partial charge on any atom is -0.250 e. The lowest BCUT2D eigenvalue weighted by Gasteiger charge is -2.29. The van der Waals surface area contributed by atoms with Crippen molar-refractivity contribution in [2.24, 2.45) is 0 Å². The van der Waals surface area contributed by atoms with E-state index in [0.29, 0.717) is 17.5 Å². The van der Waals surface area contributed by atoms with Crippen LogP contribution in [-0.4, -0.2) is 24.9 Å². The van der Waals surface area contributed by atoms with Gasteiger partial charge < -0.3 is 0 Å². The van der Waals surface area contributed by atoms with Crippen molar-refractivity contribution in [3.8, 4) is 56.4 Å². The van der Waals surface area contributed by atoms with Crippen LogP contribution in [-0.2, 0) is 6.42 Å². The molecule has 2 heterocycles. The topological polar surface area (TPSA) is 64.5 Å². The average molecular weight is 644 g/mol. The van der Waals surface area contributed by atoms with Gasteiger partial charge in [0, 0.05) is 22.6 Å². The molecular formula is C45H33N5. The van der Waals surface area contributed by atoms with E-state index in [0.717, 1.165) is 56.7 Å². The first-order valence-corrected chi connectivity index (χ1v) is 17.0. The molecule has 5 nitrogen and oxygen atoms in total. The third kappa shape index (κ3) is 5.43. The van der Waals surface area contributed by atoms with E-state index in [1.165, 1.54) is 27.8 Å². The highest BCUT2D eigenvalue weighted by Crippen LogP contribution is 2.44. The lowest BCUT2D eigenvalue weighted by atomic mass is 9.75. The van der Waals surface area contributed by atoms with Gasteiger partial charge in [0.25, 0.3) is 0 Å². The SMILES string of the molecule is Cc1nc2ccc(-c3cc(-c4nc(-c5ccccc5)nc(-c5ccccc5)n4)cc(C4Cc5ccccc5-c5ccccc54)c3)cc2nc1C. The summed E-state index contributed by atoms with van der Waals surface area (Å²) in [5, 5.41) is 0. The van der Waals surface area contributed by atoms with Gasteiger partial charge in [0.15, 0.2) is 17.5 Å². The predicted octanol–water partition coefficient (Wildman–Crippen LogP) is 10.5. The quantitative estimate of drug-likeness (QED) is 0.187. The summed E-state index contributed by atoms with van der Waals surface area (Å²) in [5.41, 5.74) is 15.1. The standard InChI is InChI=1S/C45H33N5/c1-28-29(2)47-42-27-32(21-22-41(42)46-28)34-23-35(40-26-33-17-9-10-18-37(33)38-19-11-12-20-39(38)40)25-36(24-34)45-49-43(30-13-5-3-6-14-30)48-44(50-45)31-15-7-4-8-16-31/h3-25,27,40H,26H2,1-2H3. The molecule has 6 aromatic carbocycles. The summed E-state index contributed by atoms with van der Waals surface area (Å²) in [7, 11) is 0. The Morgan fingerprint density at radius 3 is 1.68 bits per heavy atom. The van der Waals surface area contributed by atoms with Crippen LogP contribution in [0.4, 0.5) is 0 Å². The van der Waals surface area contributed by atoms with Crippen LogP contribution in [0.1, 0.15) is 34.0 Å². The molecule has 1 unspecified atom stereocenters. The van der Waals surface area contributed by atoms with Crippen LogP contribution >= 0.6 is 0 Å². The zero-order valence-electron chi connectivity index (χ0n) is 27.9. The van der Waals surface area contributed by atoms with Crippen molar-refractivity contribution in [1.82, 2.24) is 24.9 Å². The number of rotatable bonds is 5.